The molecule has 1 aliphatic carbocycles. The molecule has 306 valence electrons. The standard InChI is InChI=1S/C54H54N4O.Pt/c1-31(2)35-25-36(51-56-50-40-18-17-33(4)34(5)39(40)20-22-54(50,11)59-51)27-38(26-35)57-46-15-13-12-14-43(46)53(9,10)44-29-42-41-24-32(3)16-19-45(41)58(47(42)30-48(44)57)49-28-37(21-23-55-49)52(6,7)8;/h12-19,21,23-26,28-29,31,50H,20,22H2,1-11H3;/q-2;+2/t50-,54+;/m1./s1/i20D2;. The predicted molar refractivity (Wildman–Crippen MR) is 244 cm³/mol. The van der Waals surface area contributed by atoms with Crippen LogP contribution in [-0.4, -0.2) is 21.0 Å². The fourth-order valence-corrected chi connectivity index (χ4v) is 9.62. The maximum atomic E-state index is 9.24. The fraction of sp³-hybridized carbons (Fsp3) is 0.333. The van der Waals surface area contributed by atoms with Gasteiger partial charge in [-0.1, -0.05) is 113 Å². The van der Waals surface area contributed by atoms with Gasteiger partial charge in [-0.3, -0.25) is 4.99 Å². The number of anilines is 3. The first-order valence-corrected chi connectivity index (χ1v) is 21.1. The summed E-state index contributed by atoms with van der Waals surface area (Å²) in [5, 5.41) is 2.32. The van der Waals surface area contributed by atoms with Gasteiger partial charge in [0, 0.05) is 20.1 Å². The van der Waals surface area contributed by atoms with Gasteiger partial charge >= 0.3 is 21.1 Å². The van der Waals surface area contributed by atoms with E-state index in [0.717, 1.165) is 72.7 Å². The molecule has 2 aliphatic heterocycles. The van der Waals surface area contributed by atoms with Gasteiger partial charge in [-0.15, -0.1) is 40.8 Å². The number of pyridine rings is 1. The van der Waals surface area contributed by atoms with Crippen LogP contribution in [0.3, 0.4) is 0 Å². The monoisotopic (exact) mass is 971 g/mol. The number of aromatic nitrogens is 2. The Labute approximate surface area is 373 Å². The van der Waals surface area contributed by atoms with E-state index in [0.29, 0.717) is 5.90 Å². The van der Waals surface area contributed by atoms with E-state index >= 15 is 0 Å². The Morgan fingerprint density at radius 2 is 1.67 bits per heavy atom. The Hall–Kier alpha value is -4.99. The molecule has 0 fully saturated rings. The molecule has 10 rings (SSSR count). The molecule has 3 aliphatic rings. The molecule has 60 heavy (non-hydrogen) atoms. The Kier molecular flexibility index (Phi) is 8.88. The van der Waals surface area contributed by atoms with Crippen LogP contribution < -0.4 is 4.90 Å². The molecule has 2 atom stereocenters. The molecule has 0 saturated heterocycles. The molecule has 0 radical (unpaired) electrons. The molecule has 0 saturated carbocycles. The minimum atomic E-state index is -1.56. The number of aryl methyl sites for hydroxylation is 2. The Balaban J connectivity index is 0.00000490. The topological polar surface area (TPSA) is 42.6 Å². The van der Waals surface area contributed by atoms with Crippen molar-refractivity contribution in [3.63, 3.8) is 0 Å². The fourth-order valence-electron chi connectivity index (χ4n) is 9.62. The summed E-state index contributed by atoms with van der Waals surface area (Å²) in [7, 11) is 0. The van der Waals surface area contributed by atoms with Crippen molar-refractivity contribution >= 4 is 44.8 Å². The Morgan fingerprint density at radius 3 is 2.43 bits per heavy atom. The minimum Gasteiger partial charge on any atom is -0.512 e. The zero-order valence-corrected chi connectivity index (χ0v) is 38.8. The molecular weight excluding hydrogens is 916 g/mol. The SMILES string of the molecule is [2H]C1([2H])C[C@]2(C)OC(c3[c-]c(N4c5[c-]c6c(cc5C(C)(C)c5ccccc54)c4cc(C)ccc4n6-c4cc(C(C)(C)C)ccn4)cc(C(C)C)c3)=N[C@@H]2c2ccc(C)c(C)c21.[Pt+2]. The summed E-state index contributed by atoms with van der Waals surface area (Å²) in [6.07, 6.45) is 0.578. The van der Waals surface area contributed by atoms with Crippen molar-refractivity contribution in [2.24, 2.45) is 4.99 Å². The number of ether oxygens (including phenoxy) is 1. The number of benzene rings is 5. The number of aliphatic imine (C=N–C) groups is 1. The molecule has 5 nitrogen and oxygen atoms in total. The van der Waals surface area contributed by atoms with Crippen LogP contribution >= 0.6 is 0 Å². The third-order valence-corrected chi connectivity index (χ3v) is 13.3. The molecule has 2 aromatic heterocycles. The quantitative estimate of drug-likeness (QED) is 0.165. The second kappa shape index (κ2) is 14.0. The summed E-state index contributed by atoms with van der Waals surface area (Å²) in [5.41, 5.74) is 14.2. The van der Waals surface area contributed by atoms with Gasteiger partial charge in [0.05, 0.1) is 0 Å². The molecule has 5 aromatic carbocycles. The van der Waals surface area contributed by atoms with Crippen LogP contribution in [0.2, 0.25) is 0 Å². The first-order valence-electron chi connectivity index (χ1n) is 22.1. The van der Waals surface area contributed by atoms with E-state index in [2.05, 4.69) is 169 Å². The second-order valence-electron chi connectivity index (χ2n) is 19.2. The Bertz CT molecular complexity index is 3030. The van der Waals surface area contributed by atoms with Crippen molar-refractivity contribution in [2.75, 3.05) is 4.90 Å². The molecule has 0 amide bonds. The van der Waals surface area contributed by atoms with Gasteiger partial charge in [-0.2, -0.15) is 6.07 Å². The van der Waals surface area contributed by atoms with Gasteiger partial charge in [0.2, 0.25) is 0 Å². The second-order valence-corrected chi connectivity index (χ2v) is 19.2. The van der Waals surface area contributed by atoms with E-state index in [1.807, 2.05) is 20.0 Å². The first kappa shape index (κ1) is 38.0. The van der Waals surface area contributed by atoms with Crippen molar-refractivity contribution in [2.45, 2.75) is 117 Å². The number of hydrogen-bond donors (Lipinski definition) is 0. The van der Waals surface area contributed by atoms with Gasteiger partial charge in [0.15, 0.2) is 0 Å². The molecule has 7 aromatic rings. The van der Waals surface area contributed by atoms with Crippen LogP contribution in [-0.2, 0) is 43.0 Å². The summed E-state index contributed by atoms with van der Waals surface area (Å²) in [6, 6.07) is 38.3. The van der Waals surface area contributed by atoms with E-state index in [1.54, 1.807) is 0 Å². The zero-order valence-electron chi connectivity index (χ0n) is 38.5. The maximum absolute atomic E-state index is 9.24. The summed E-state index contributed by atoms with van der Waals surface area (Å²) in [4.78, 5) is 12.7. The number of hydrogen-bond acceptors (Lipinski definition) is 4. The molecule has 0 N–H and O–H groups in total. The summed E-state index contributed by atoms with van der Waals surface area (Å²) in [5.74, 6) is 1.57. The van der Waals surface area contributed by atoms with Gasteiger partial charge in [0.1, 0.15) is 23.4 Å². The number of nitrogens with zero attached hydrogens (tertiary/aromatic N) is 4. The summed E-state index contributed by atoms with van der Waals surface area (Å²) in [6.45, 7) is 24.1. The normalized spacial score (nSPS) is 20.4. The third kappa shape index (κ3) is 6.12. The number of para-hydroxylation sites is 1. The van der Waals surface area contributed by atoms with Crippen molar-refractivity contribution < 1.29 is 28.5 Å². The minimum absolute atomic E-state index is 0. The molecule has 4 heterocycles. The van der Waals surface area contributed by atoms with E-state index in [9.17, 15) is 2.74 Å². The van der Waals surface area contributed by atoms with E-state index < -0.39 is 12.0 Å². The molecule has 0 unspecified atom stereocenters. The van der Waals surface area contributed by atoms with Gasteiger partial charge < -0.3 is 14.2 Å². The summed E-state index contributed by atoms with van der Waals surface area (Å²) < 4.78 is 27.7. The van der Waals surface area contributed by atoms with Gasteiger partial charge in [-0.25, -0.2) is 4.98 Å². The maximum Gasteiger partial charge on any atom is 2.00 e. The molecular formula is C54H54N4OPt. The van der Waals surface area contributed by atoms with Crippen LogP contribution in [0.5, 0.6) is 0 Å². The first-order chi connectivity index (χ1) is 28.8. The smallest absolute Gasteiger partial charge is 0.512 e. The van der Waals surface area contributed by atoms with E-state index in [-0.39, 0.29) is 50.3 Å². The zero-order chi connectivity index (χ0) is 43.1. The number of fused-ring (bicyclic) bond motifs is 8. The van der Waals surface area contributed by atoms with Crippen molar-refractivity contribution in [1.82, 2.24) is 9.55 Å². The van der Waals surface area contributed by atoms with Crippen LogP contribution in [0, 0.1) is 32.9 Å². The largest absolute Gasteiger partial charge is 2.00 e. The molecule has 0 bridgehead atoms. The Morgan fingerprint density at radius 1 is 0.883 bits per heavy atom. The van der Waals surface area contributed by atoms with E-state index in [1.165, 1.54) is 27.6 Å². The summed E-state index contributed by atoms with van der Waals surface area (Å²) >= 11 is 0. The van der Waals surface area contributed by atoms with Crippen LogP contribution in [0.1, 0.15) is 132 Å². The van der Waals surface area contributed by atoms with Crippen LogP contribution in [0.25, 0.3) is 27.6 Å². The number of rotatable bonds is 4. The third-order valence-electron chi connectivity index (χ3n) is 13.3. The predicted octanol–water partition coefficient (Wildman–Crippen LogP) is 13.5. The average molecular weight is 972 g/mol. The van der Waals surface area contributed by atoms with Crippen LogP contribution in [0.4, 0.5) is 17.1 Å². The molecule has 6 heteroatoms. The van der Waals surface area contributed by atoms with Crippen LogP contribution in [0.15, 0.2) is 96.1 Å². The van der Waals surface area contributed by atoms with Gasteiger partial charge in [0.25, 0.3) is 0 Å². The molecule has 0 spiro atoms. The van der Waals surface area contributed by atoms with Gasteiger partial charge in [-0.05, 0) is 126 Å². The van der Waals surface area contributed by atoms with E-state index in [4.69, 9.17) is 14.7 Å². The van der Waals surface area contributed by atoms with Crippen molar-refractivity contribution in [3.8, 4) is 5.82 Å². The average Bonchev–Trinajstić information content (AvgIpc) is 3.71. The van der Waals surface area contributed by atoms with Crippen molar-refractivity contribution in [3.05, 3.63) is 159 Å². The van der Waals surface area contributed by atoms with Crippen molar-refractivity contribution in [1.29, 1.82) is 0 Å².